The molecule has 0 radical (unpaired) electrons. The summed E-state index contributed by atoms with van der Waals surface area (Å²) < 4.78 is 33.2. The van der Waals surface area contributed by atoms with Crippen LogP contribution in [-0.4, -0.2) is 41.9 Å². The minimum atomic E-state index is -3.74. The molecule has 0 unspecified atom stereocenters. The van der Waals surface area contributed by atoms with Crippen LogP contribution in [0.5, 0.6) is 0 Å². The Bertz CT molecular complexity index is 1300. The van der Waals surface area contributed by atoms with E-state index in [2.05, 4.69) is 15.5 Å². The summed E-state index contributed by atoms with van der Waals surface area (Å²) in [6.07, 6.45) is 0.876. The lowest BCUT2D eigenvalue weighted by molar-refractivity contribution is -0.120. The van der Waals surface area contributed by atoms with Gasteiger partial charge in [-0.2, -0.15) is 9.29 Å². The van der Waals surface area contributed by atoms with Crippen LogP contribution in [-0.2, 0) is 14.8 Å². The highest BCUT2D eigenvalue weighted by Crippen LogP contribution is 2.29. The van der Waals surface area contributed by atoms with Crippen LogP contribution in [0.15, 0.2) is 45.8 Å². The highest BCUT2D eigenvalue weighted by Gasteiger charge is 2.33. The second-order valence-corrected chi connectivity index (χ2v) is 10.6. The molecule has 0 saturated carbocycles. The number of anilines is 1. The Morgan fingerprint density at radius 3 is 2.42 bits per heavy atom. The van der Waals surface area contributed by atoms with Crippen LogP contribution < -0.4 is 5.32 Å². The number of benzene rings is 2. The number of nitrogens with one attached hydrogen (secondary N) is 1. The van der Waals surface area contributed by atoms with Crippen molar-refractivity contribution >= 4 is 33.2 Å². The molecule has 0 aliphatic carbocycles. The summed E-state index contributed by atoms with van der Waals surface area (Å²) in [5, 5.41) is 7.35. The van der Waals surface area contributed by atoms with Gasteiger partial charge in [0.25, 0.3) is 0 Å². The van der Waals surface area contributed by atoms with Crippen LogP contribution in [0.4, 0.5) is 5.69 Å². The number of carbonyl (C=O) groups excluding carboxylic acids is 1. The number of aryl methyl sites for hydroxylation is 3. The topological polar surface area (TPSA) is 105 Å². The van der Waals surface area contributed by atoms with E-state index in [-0.39, 0.29) is 29.8 Å². The van der Waals surface area contributed by atoms with Gasteiger partial charge < -0.3 is 9.84 Å². The third-order valence-electron chi connectivity index (χ3n) is 5.86. The summed E-state index contributed by atoms with van der Waals surface area (Å²) >= 11 is 6.14. The molecule has 1 N–H and O–H groups in total. The number of nitrogens with zero attached hydrogens (tertiary/aromatic N) is 3. The molecule has 4 rings (SSSR count). The van der Waals surface area contributed by atoms with Crippen molar-refractivity contribution in [3.8, 4) is 11.4 Å². The van der Waals surface area contributed by atoms with E-state index in [1.165, 1.54) is 4.31 Å². The molecule has 33 heavy (non-hydrogen) atoms. The van der Waals surface area contributed by atoms with Gasteiger partial charge in [0.2, 0.25) is 27.6 Å². The lowest BCUT2D eigenvalue weighted by Gasteiger charge is -2.31. The van der Waals surface area contributed by atoms with E-state index in [4.69, 9.17) is 16.1 Å². The summed E-state index contributed by atoms with van der Waals surface area (Å²) in [7, 11) is -3.74. The molecule has 8 nitrogen and oxygen atoms in total. The van der Waals surface area contributed by atoms with Gasteiger partial charge in [0, 0.05) is 42.2 Å². The molecule has 0 bridgehead atoms. The van der Waals surface area contributed by atoms with Crippen LogP contribution in [0.2, 0.25) is 5.02 Å². The van der Waals surface area contributed by atoms with Crippen molar-refractivity contribution in [3.05, 3.63) is 58.4 Å². The van der Waals surface area contributed by atoms with Crippen molar-refractivity contribution in [2.24, 2.45) is 5.92 Å². The molecule has 2 aromatic carbocycles. The summed E-state index contributed by atoms with van der Waals surface area (Å²) in [6, 6.07) is 10.5. The van der Waals surface area contributed by atoms with E-state index in [1.807, 2.05) is 13.0 Å². The normalized spacial score (nSPS) is 15.5. The van der Waals surface area contributed by atoms with Gasteiger partial charge in [0.1, 0.15) is 0 Å². The van der Waals surface area contributed by atoms with Gasteiger partial charge in [-0.05, 0) is 56.0 Å². The smallest absolute Gasteiger partial charge is 0.243 e. The summed E-state index contributed by atoms with van der Waals surface area (Å²) in [4.78, 5) is 17.1. The Hall–Kier alpha value is -2.75. The Morgan fingerprint density at radius 2 is 1.79 bits per heavy atom. The average molecular weight is 489 g/mol. The first-order valence-electron chi connectivity index (χ1n) is 10.6. The van der Waals surface area contributed by atoms with E-state index in [1.54, 1.807) is 44.2 Å². The zero-order valence-electron chi connectivity index (χ0n) is 18.6. The van der Waals surface area contributed by atoms with Crippen LogP contribution in [0.25, 0.3) is 11.4 Å². The molecule has 174 valence electrons. The fourth-order valence-electron chi connectivity index (χ4n) is 3.85. The summed E-state index contributed by atoms with van der Waals surface area (Å²) in [5.74, 6) is 0.350. The number of hydrogen-bond donors (Lipinski definition) is 1. The monoisotopic (exact) mass is 488 g/mol. The second-order valence-electron chi connectivity index (χ2n) is 8.25. The van der Waals surface area contributed by atoms with Gasteiger partial charge in [0.05, 0.1) is 4.90 Å². The summed E-state index contributed by atoms with van der Waals surface area (Å²) in [6.45, 7) is 5.85. The zero-order valence-corrected chi connectivity index (χ0v) is 20.2. The van der Waals surface area contributed by atoms with Crippen molar-refractivity contribution in [3.63, 3.8) is 0 Å². The van der Waals surface area contributed by atoms with Crippen LogP contribution >= 0.6 is 11.6 Å². The number of sulfonamides is 1. The van der Waals surface area contributed by atoms with Crippen LogP contribution in [0.3, 0.4) is 0 Å². The quantitative estimate of drug-likeness (QED) is 0.572. The molecular weight excluding hydrogens is 464 g/mol. The van der Waals surface area contributed by atoms with Gasteiger partial charge in [-0.25, -0.2) is 8.42 Å². The summed E-state index contributed by atoms with van der Waals surface area (Å²) in [5.41, 5.74) is 2.77. The molecule has 2 heterocycles. The van der Waals surface area contributed by atoms with Crippen LogP contribution in [0.1, 0.15) is 29.9 Å². The molecule has 10 heteroatoms. The molecule has 0 atom stereocenters. The fourth-order valence-corrected chi connectivity index (χ4v) is 5.75. The molecule has 1 amide bonds. The molecule has 0 spiro atoms. The molecule has 1 aliphatic heterocycles. The highest BCUT2D eigenvalue weighted by molar-refractivity contribution is 7.89. The van der Waals surface area contributed by atoms with Gasteiger partial charge >= 0.3 is 0 Å². The predicted octanol–water partition coefficient (Wildman–Crippen LogP) is 4.35. The molecule has 1 aliphatic rings. The number of rotatable bonds is 5. The van der Waals surface area contributed by atoms with Crippen molar-refractivity contribution in [2.75, 3.05) is 18.4 Å². The minimum absolute atomic E-state index is 0.127. The maximum Gasteiger partial charge on any atom is 0.243 e. The average Bonchev–Trinajstić information content (AvgIpc) is 3.23. The number of halogens is 1. The second kappa shape index (κ2) is 9.24. The minimum Gasteiger partial charge on any atom is -0.339 e. The number of amides is 1. The lowest BCUT2D eigenvalue weighted by atomic mass is 9.97. The molecular formula is C23H25ClN4O4S. The van der Waals surface area contributed by atoms with Gasteiger partial charge in [-0.3, -0.25) is 4.79 Å². The van der Waals surface area contributed by atoms with Crippen molar-refractivity contribution in [1.29, 1.82) is 0 Å². The fraction of sp³-hybridized carbons (Fsp3) is 0.348. The Kier molecular flexibility index (Phi) is 6.56. The third kappa shape index (κ3) is 4.95. The van der Waals surface area contributed by atoms with E-state index in [0.29, 0.717) is 46.4 Å². The van der Waals surface area contributed by atoms with E-state index in [9.17, 15) is 13.2 Å². The predicted molar refractivity (Wildman–Crippen MR) is 126 cm³/mol. The first-order valence-corrected chi connectivity index (χ1v) is 12.5. The number of piperidine rings is 1. The third-order valence-corrected chi connectivity index (χ3v) is 8.30. The first kappa shape index (κ1) is 23.4. The van der Waals surface area contributed by atoms with E-state index >= 15 is 0 Å². The first-order chi connectivity index (χ1) is 15.6. The Labute approximate surface area is 198 Å². The van der Waals surface area contributed by atoms with Crippen LogP contribution in [0, 0.1) is 26.7 Å². The van der Waals surface area contributed by atoms with Gasteiger partial charge in [-0.15, -0.1) is 0 Å². The Balaban J connectivity index is 1.45. The maximum atomic E-state index is 13.4. The number of hydrogen-bond acceptors (Lipinski definition) is 6. The van der Waals surface area contributed by atoms with E-state index in [0.717, 1.165) is 5.56 Å². The standard InChI is InChI=1S/C23H25ClN4O4S/c1-14-5-7-19(13-20(14)24)26-23(29)17-8-10-28(11-9-17)33(30,31)21-12-18(6-4-15(21)2)22-25-16(3)32-27-22/h4-7,12-13,17H,8-11H2,1-3H3,(H,26,29). The maximum absolute atomic E-state index is 13.4. The number of carbonyl (C=O) groups is 1. The van der Waals surface area contributed by atoms with Crippen molar-refractivity contribution < 1.29 is 17.7 Å². The molecule has 3 aromatic rings. The van der Waals surface area contributed by atoms with Gasteiger partial charge in [0.15, 0.2) is 0 Å². The lowest BCUT2D eigenvalue weighted by Crippen LogP contribution is -2.41. The molecule has 1 fully saturated rings. The SMILES string of the molecule is Cc1nc(-c2ccc(C)c(S(=O)(=O)N3CCC(C(=O)Nc4ccc(C)c(Cl)c4)CC3)c2)no1. The van der Waals surface area contributed by atoms with E-state index < -0.39 is 10.0 Å². The van der Waals surface area contributed by atoms with Crippen molar-refractivity contribution in [1.82, 2.24) is 14.4 Å². The highest BCUT2D eigenvalue weighted by atomic mass is 35.5. The zero-order chi connectivity index (χ0) is 23.8. The number of aromatic nitrogens is 2. The van der Waals surface area contributed by atoms with Crippen molar-refractivity contribution in [2.45, 2.75) is 38.5 Å². The molecule has 1 saturated heterocycles. The Morgan fingerprint density at radius 1 is 1.09 bits per heavy atom. The largest absolute Gasteiger partial charge is 0.339 e. The molecule has 1 aromatic heterocycles. The van der Waals surface area contributed by atoms with Gasteiger partial charge in [-0.1, -0.05) is 35.0 Å².